The summed E-state index contributed by atoms with van der Waals surface area (Å²) in [6, 6.07) is 2.47. The first-order valence-corrected chi connectivity index (χ1v) is 17.0. The quantitative estimate of drug-likeness (QED) is 0.122. The lowest BCUT2D eigenvalue weighted by Gasteiger charge is -2.27. The molecular formula is C35H44BF2N5O3S. The number of halogens is 2. The van der Waals surface area contributed by atoms with Gasteiger partial charge in [-0.1, -0.05) is 51.7 Å². The van der Waals surface area contributed by atoms with E-state index in [0.717, 1.165) is 61.6 Å². The van der Waals surface area contributed by atoms with Crippen LogP contribution < -0.4 is 10.6 Å². The number of thiophene rings is 1. The first-order chi connectivity index (χ1) is 22.3. The van der Waals surface area contributed by atoms with Crippen molar-refractivity contribution in [2.75, 3.05) is 17.2 Å². The summed E-state index contributed by atoms with van der Waals surface area (Å²) in [6.07, 6.45) is 9.22. The third-order valence-corrected chi connectivity index (χ3v) is 9.93. The third kappa shape index (κ3) is 7.70. The molecule has 2 radical (unpaired) electrons. The number of ether oxygens (including phenoxy) is 1. The van der Waals surface area contributed by atoms with E-state index in [9.17, 15) is 5.26 Å². The standard InChI is InChI=1S/C33H39F2N5OS.C2H5BO2/c1-6-9-10-11-25-19(5)12-13-40(25)33-38-15-21-22-16-41-17-23(22)27(29(35)30(21)39-33)26(18(4)7-2)28-20(14-36)32(37)42-31(28)24(34)8-3;1-2(3,4)5/h8,15,19,25H,6-7,9-13,16-17,37H2,1-5H3;4-5H,1H3/b24-8+,26-18+;. The Morgan fingerprint density at radius 2 is 1.96 bits per heavy atom. The highest BCUT2D eigenvalue weighted by atomic mass is 32.1. The largest absolute Gasteiger partial charge is 0.389 e. The fourth-order valence-corrected chi connectivity index (χ4v) is 7.42. The number of aliphatic hydroxyl groups is 2. The van der Waals surface area contributed by atoms with Crippen molar-refractivity contribution < 1.29 is 23.7 Å². The van der Waals surface area contributed by atoms with Crippen LogP contribution in [0.2, 0.25) is 0 Å². The van der Waals surface area contributed by atoms with E-state index in [1.807, 2.05) is 13.8 Å². The van der Waals surface area contributed by atoms with E-state index in [1.54, 1.807) is 13.1 Å². The lowest BCUT2D eigenvalue weighted by molar-refractivity contribution is -0.0678. The average Bonchev–Trinajstić information content (AvgIpc) is 3.74. The number of nitriles is 1. The SMILES string of the molecule is C/C=C(/F)c1sc(N)c(C#N)c1/C(=C(\C)CC)c1c2c(c3cnc(N4CCC(C)C4CCCCC)nc3c1F)COC2.[B]C(C)(O)O. The van der Waals surface area contributed by atoms with Crippen LogP contribution in [0.4, 0.5) is 19.7 Å². The number of nitrogens with zero attached hydrogens (tertiary/aromatic N) is 4. The van der Waals surface area contributed by atoms with Crippen LogP contribution >= 0.6 is 11.3 Å². The summed E-state index contributed by atoms with van der Waals surface area (Å²) in [4.78, 5) is 12.1. The van der Waals surface area contributed by atoms with Gasteiger partial charge in [-0.25, -0.2) is 18.7 Å². The first-order valence-electron chi connectivity index (χ1n) is 16.2. The molecule has 5 rings (SSSR count). The van der Waals surface area contributed by atoms with Crippen molar-refractivity contribution >= 4 is 52.4 Å². The fourth-order valence-electron chi connectivity index (χ4n) is 6.43. The molecule has 1 aromatic carbocycles. The zero-order valence-corrected chi connectivity index (χ0v) is 28.9. The van der Waals surface area contributed by atoms with Gasteiger partial charge in [0.2, 0.25) is 5.95 Å². The number of rotatable bonds is 9. The monoisotopic (exact) mass is 663 g/mol. The zero-order valence-electron chi connectivity index (χ0n) is 28.1. The molecule has 4 heterocycles. The first kappa shape index (κ1) is 36.5. The maximum absolute atomic E-state index is 17.1. The molecule has 2 aliphatic rings. The van der Waals surface area contributed by atoms with Crippen LogP contribution in [0.5, 0.6) is 0 Å². The second-order valence-corrected chi connectivity index (χ2v) is 13.5. The van der Waals surface area contributed by atoms with Crippen molar-refractivity contribution in [1.82, 2.24) is 9.97 Å². The van der Waals surface area contributed by atoms with E-state index in [2.05, 4.69) is 32.7 Å². The fraction of sp³-hybridized carbons (Fsp3) is 0.514. The number of nitrogen functional groups attached to an aromatic ring is 1. The summed E-state index contributed by atoms with van der Waals surface area (Å²) in [6.45, 7) is 12.3. The van der Waals surface area contributed by atoms with E-state index < -0.39 is 17.3 Å². The minimum absolute atomic E-state index is 0.159. The van der Waals surface area contributed by atoms with Crippen LogP contribution in [0.1, 0.15) is 113 Å². The van der Waals surface area contributed by atoms with Gasteiger partial charge in [-0.15, -0.1) is 11.3 Å². The summed E-state index contributed by atoms with van der Waals surface area (Å²) in [5, 5.41) is 26.6. The Morgan fingerprint density at radius 3 is 2.57 bits per heavy atom. The Bertz CT molecular complexity index is 1720. The summed E-state index contributed by atoms with van der Waals surface area (Å²) < 4.78 is 38.2. The molecule has 0 amide bonds. The lowest BCUT2D eigenvalue weighted by Crippen LogP contribution is -2.33. The number of unbranched alkanes of at least 4 members (excludes halogenated alkanes) is 2. The molecule has 2 unspecified atom stereocenters. The van der Waals surface area contributed by atoms with E-state index in [4.69, 9.17) is 30.7 Å². The Balaban J connectivity index is 0.000000930. The van der Waals surface area contributed by atoms with Crippen molar-refractivity contribution in [2.24, 2.45) is 5.92 Å². The average molecular weight is 664 g/mol. The lowest BCUT2D eigenvalue weighted by atomic mass is 9.85. The summed E-state index contributed by atoms with van der Waals surface area (Å²) in [7, 11) is 4.47. The Hall–Kier alpha value is -3.37. The number of fused-ring (bicyclic) bond motifs is 3. The zero-order chi connectivity index (χ0) is 34.6. The molecule has 4 N–H and O–H groups in total. The topological polar surface area (TPSA) is 129 Å². The highest BCUT2D eigenvalue weighted by Crippen LogP contribution is 2.47. The van der Waals surface area contributed by atoms with Gasteiger partial charge in [0.25, 0.3) is 0 Å². The minimum atomic E-state index is -2.00. The number of anilines is 2. The molecular weight excluding hydrogens is 619 g/mol. The molecule has 0 spiro atoms. The van der Waals surface area contributed by atoms with E-state index >= 15 is 8.78 Å². The molecule has 3 aromatic rings. The molecule has 0 saturated carbocycles. The smallest absolute Gasteiger partial charge is 0.226 e. The molecule has 1 fully saturated rings. The van der Waals surface area contributed by atoms with E-state index in [0.29, 0.717) is 58.6 Å². The molecule has 2 aliphatic heterocycles. The van der Waals surface area contributed by atoms with Crippen LogP contribution in [-0.4, -0.2) is 46.3 Å². The molecule has 0 aliphatic carbocycles. The summed E-state index contributed by atoms with van der Waals surface area (Å²) >= 11 is 1.01. The van der Waals surface area contributed by atoms with Gasteiger partial charge in [-0.05, 0) is 62.7 Å². The number of nitrogens with two attached hydrogens (primary N) is 1. The van der Waals surface area contributed by atoms with Gasteiger partial charge in [0, 0.05) is 35.3 Å². The van der Waals surface area contributed by atoms with Gasteiger partial charge in [0.05, 0.1) is 23.7 Å². The van der Waals surface area contributed by atoms with Gasteiger partial charge in [0.1, 0.15) is 28.1 Å². The van der Waals surface area contributed by atoms with Crippen LogP contribution in [0, 0.1) is 23.1 Å². The van der Waals surface area contributed by atoms with Crippen LogP contribution in [0.15, 0.2) is 17.8 Å². The van der Waals surface area contributed by atoms with Gasteiger partial charge in [0.15, 0.2) is 13.7 Å². The highest BCUT2D eigenvalue weighted by molar-refractivity contribution is 7.17. The number of allylic oxidation sites excluding steroid dienone is 2. The maximum atomic E-state index is 17.1. The molecule has 0 bridgehead atoms. The number of hydrogen-bond donors (Lipinski definition) is 3. The Morgan fingerprint density at radius 1 is 1.28 bits per heavy atom. The molecule has 2 atom stereocenters. The van der Waals surface area contributed by atoms with Gasteiger partial charge in [-0.2, -0.15) is 5.26 Å². The summed E-state index contributed by atoms with van der Waals surface area (Å²) in [5.74, 6) is 0.0367. The second-order valence-electron chi connectivity index (χ2n) is 12.5. The maximum Gasteiger partial charge on any atom is 0.226 e. The molecule has 47 heavy (non-hydrogen) atoms. The van der Waals surface area contributed by atoms with Crippen molar-refractivity contribution in [3.05, 3.63) is 56.4 Å². The molecule has 250 valence electrons. The molecule has 2 aromatic heterocycles. The van der Waals surface area contributed by atoms with Crippen molar-refractivity contribution in [3.63, 3.8) is 0 Å². The predicted molar refractivity (Wildman–Crippen MR) is 186 cm³/mol. The Kier molecular flexibility index (Phi) is 11.8. The van der Waals surface area contributed by atoms with Crippen LogP contribution in [0.3, 0.4) is 0 Å². The third-order valence-electron chi connectivity index (χ3n) is 8.91. The van der Waals surface area contributed by atoms with Crippen molar-refractivity contribution in [1.29, 1.82) is 5.26 Å². The van der Waals surface area contributed by atoms with Crippen molar-refractivity contribution in [2.45, 2.75) is 105 Å². The van der Waals surface area contributed by atoms with Crippen LogP contribution in [0.25, 0.3) is 22.3 Å². The summed E-state index contributed by atoms with van der Waals surface area (Å²) in [5.41, 5.74) is 8.09. The minimum Gasteiger partial charge on any atom is -0.389 e. The predicted octanol–water partition coefficient (Wildman–Crippen LogP) is 7.48. The number of benzene rings is 1. The molecule has 8 nitrogen and oxygen atoms in total. The van der Waals surface area contributed by atoms with Crippen molar-refractivity contribution in [3.8, 4) is 6.07 Å². The Labute approximate surface area is 281 Å². The van der Waals surface area contributed by atoms with E-state index in [1.165, 1.54) is 12.5 Å². The molecule has 1 saturated heterocycles. The normalized spacial score (nSPS) is 18.6. The second kappa shape index (κ2) is 15.2. The van der Waals surface area contributed by atoms with Crippen LogP contribution in [-0.2, 0) is 18.0 Å². The number of hydrogen-bond acceptors (Lipinski definition) is 9. The highest BCUT2D eigenvalue weighted by Gasteiger charge is 2.35. The van der Waals surface area contributed by atoms with E-state index in [-0.39, 0.29) is 27.6 Å². The van der Waals surface area contributed by atoms with Gasteiger partial charge < -0.3 is 25.6 Å². The molecule has 12 heteroatoms. The van der Waals surface area contributed by atoms with Gasteiger partial charge >= 0.3 is 0 Å². The van der Waals surface area contributed by atoms with Gasteiger partial charge in [-0.3, -0.25) is 0 Å². The number of aromatic nitrogens is 2.